The van der Waals surface area contributed by atoms with Crippen molar-refractivity contribution in [3.05, 3.63) is 42.1 Å². The van der Waals surface area contributed by atoms with Crippen molar-refractivity contribution < 1.29 is 28.6 Å². The number of carboxylic acids is 1. The molecule has 1 spiro atoms. The number of benzene rings is 1. The summed E-state index contributed by atoms with van der Waals surface area (Å²) in [5, 5.41) is 9.40. The molecule has 2 fully saturated rings. The molecule has 2 saturated heterocycles. The SMILES string of the molecule is CC(C)(C)OC(=O)N1CCC2(CCN(c3ncncc3Oc3ccc(F)cc3C(=O)O)C2)C1. The van der Waals surface area contributed by atoms with Crippen molar-refractivity contribution >= 4 is 17.9 Å². The van der Waals surface area contributed by atoms with Crippen molar-refractivity contribution in [3.63, 3.8) is 0 Å². The van der Waals surface area contributed by atoms with Gasteiger partial charge in [-0.1, -0.05) is 0 Å². The Morgan fingerprint density at radius 1 is 1.15 bits per heavy atom. The summed E-state index contributed by atoms with van der Waals surface area (Å²) < 4.78 is 24.9. The maximum Gasteiger partial charge on any atom is 0.410 e. The first-order chi connectivity index (χ1) is 15.6. The Morgan fingerprint density at radius 3 is 2.64 bits per heavy atom. The summed E-state index contributed by atoms with van der Waals surface area (Å²) in [6, 6.07) is 3.33. The van der Waals surface area contributed by atoms with Gasteiger partial charge in [0.25, 0.3) is 0 Å². The lowest BCUT2D eigenvalue weighted by molar-refractivity contribution is 0.0276. The normalized spacial score (nSPS) is 20.4. The third-order valence-corrected chi connectivity index (χ3v) is 5.88. The number of aromatic nitrogens is 2. The average Bonchev–Trinajstić information content (AvgIpc) is 3.35. The van der Waals surface area contributed by atoms with Crippen molar-refractivity contribution in [3.8, 4) is 11.5 Å². The van der Waals surface area contributed by atoms with Gasteiger partial charge in [-0.25, -0.2) is 23.9 Å². The van der Waals surface area contributed by atoms with E-state index in [4.69, 9.17) is 9.47 Å². The first kappa shape index (κ1) is 22.8. The van der Waals surface area contributed by atoms with E-state index in [1.807, 2.05) is 20.8 Å². The van der Waals surface area contributed by atoms with Crippen LogP contribution in [0.25, 0.3) is 0 Å². The molecule has 1 aromatic carbocycles. The molecule has 3 heterocycles. The van der Waals surface area contributed by atoms with Crippen molar-refractivity contribution in [2.75, 3.05) is 31.1 Å². The van der Waals surface area contributed by atoms with Crippen molar-refractivity contribution in [2.24, 2.45) is 5.41 Å². The number of nitrogens with zero attached hydrogens (tertiary/aromatic N) is 4. The van der Waals surface area contributed by atoms with E-state index >= 15 is 0 Å². The first-order valence-electron chi connectivity index (χ1n) is 10.8. The number of likely N-dealkylation sites (tertiary alicyclic amines) is 1. The molecule has 4 rings (SSSR count). The summed E-state index contributed by atoms with van der Waals surface area (Å²) in [5.41, 5.74) is -0.913. The maximum absolute atomic E-state index is 13.5. The number of aromatic carboxylic acids is 1. The largest absolute Gasteiger partial charge is 0.478 e. The minimum absolute atomic E-state index is 0.00540. The lowest BCUT2D eigenvalue weighted by Crippen LogP contribution is -2.37. The highest BCUT2D eigenvalue weighted by molar-refractivity contribution is 5.91. The van der Waals surface area contributed by atoms with Crippen LogP contribution >= 0.6 is 0 Å². The Balaban J connectivity index is 1.50. The van der Waals surface area contributed by atoms with Gasteiger partial charge in [0.1, 0.15) is 29.1 Å². The number of halogens is 1. The second-order valence-electron chi connectivity index (χ2n) is 9.58. The second-order valence-corrected chi connectivity index (χ2v) is 9.58. The van der Waals surface area contributed by atoms with Gasteiger partial charge in [0.2, 0.25) is 0 Å². The van der Waals surface area contributed by atoms with Crippen molar-refractivity contribution in [2.45, 2.75) is 39.2 Å². The lowest BCUT2D eigenvalue weighted by atomic mass is 9.86. The minimum Gasteiger partial charge on any atom is -0.478 e. The predicted molar refractivity (Wildman–Crippen MR) is 117 cm³/mol. The smallest absolute Gasteiger partial charge is 0.410 e. The van der Waals surface area contributed by atoms with Crippen LogP contribution in [-0.2, 0) is 4.74 Å². The van der Waals surface area contributed by atoms with Crippen LogP contribution in [0.3, 0.4) is 0 Å². The fourth-order valence-electron chi connectivity index (χ4n) is 4.36. The molecule has 9 nitrogen and oxygen atoms in total. The summed E-state index contributed by atoms with van der Waals surface area (Å²) in [6.07, 6.45) is 4.28. The van der Waals surface area contributed by atoms with Gasteiger partial charge in [-0.15, -0.1) is 0 Å². The van der Waals surface area contributed by atoms with Crippen molar-refractivity contribution in [1.82, 2.24) is 14.9 Å². The van der Waals surface area contributed by atoms with Crippen LogP contribution in [0.4, 0.5) is 15.0 Å². The molecule has 0 radical (unpaired) electrons. The topological polar surface area (TPSA) is 105 Å². The van der Waals surface area contributed by atoms with Crippen LogP contribution in [0, 0.1) is 11.2 Å². The number of hydrogen-bond acceptors (Lipinski definition) is 7. The number of carbonyl (C=O) groups excluding carboxylic acids is 1. The zero-order valence-corrected chi connectivity index (χ0v) is 18.9. The van der Waals surface area contributed by atoms with Crippen LogP contribution in [0.15, 0.2) is 30.7 Å². The van der Waals surface area contributed by atoms with Crippen LogP contribution in [-0.4, -0.2) is 63.8 Å². The van der Waals surface area contributed by atoms with Crippen LogP contribution in [0.1, 0.15) is 44.0 Å². The highest BCUT2D eigenvalue weighted by Gasteiger charge is 2.46. The fraction of sp³-hybridized carbons (Fsp3) is 0.478. The zero-order chi connectivity index (χ0) is 23.8. The van der Waals surface area contributed by atoms with Crippen LogP contribution < -0.4 is 9.64 Å². The van der Waals surface area contributed by atoms with E-state index in [0.29, 0.717) is 32.0 Å². The molecule has 1 amide bonds. The van der Waals surface area contributed by atoms with E-state index in [-0.39, 0.29) is 28.6 Å². The molecule has 0 aliphatic carbocycles. The van der Waals surface area contributed by atoms with E-state index in [2.05, 4.69) is 14.9 Å². The number of carboxylic acid groups (broad SMARTS) is 1. The van der Waals surface area contributed by atoms with E-state index in [1.54, 1.807) is 4.90 Å². The molecule has 176 valence electrons. The fourth-order valence-corrected chi connectivity index (χ4v) is 4.36. The van der Waals surface area contributed by atoms with Gasteiger partial charge < -0.3 is 24.4 Å². The number of rotatable bonds is 4. The third-order valence-electron chi connectivity index (χ3n) is 5.88. The molecule has 1 N–H and O–H groups in total. The Bertz CT molecular complexity index is 1070. The molecule has 2 aliphatic heterocycles. The summed E-state index contributed by atoms with van der Waals surface area (Å²) in [7, 11) is 0. The first-order valence-corrected chi connectivity index (χ1v) is 10.8. The van der Waals surface area contributed by atoms with Crippen molar-refractivity contribution in [1.29, 1.82) is 0 Å². The van der Waals surface area contributed by atoms with Gasteiger partial charge in [0, 0.05) is 31.6 Å². The molecular formula is C23H27FN4O5. The molecular weight excluding hydrogens is 431 g/mol. The lowest BCUT2D eigenvalue weighted by Gasteiger charge is -2.27. The maximum atomic E-state index is 13.5. The molecule has 0 bridgehead atoms. The van der Waals surface area contributed by atoms with Gasteiger partial charge in [-0.05, 0) is 51.8 Å². The molecule has 0 saturated carbocycles. The summed E-state index contributed by atoms with van der Waals surface area (Å²) >= 11 is 0. The summed E-state index contributed by atoms with van der Waals surface area (Å²) in [5.74, 6) is -1.15. The number of amides is 1. The van der Waals surface area contributed by atoms with Gasteiger partial charge in [0.15, 0.2) is 11.6 Å². The monoisotopic (exact) mass is 458 g/mol. The Labute approximate surface area is 191 Å². The summed E-state index contributed by atoms with van der Waals surface area (Å²) in [4.78, 5) is 36.2. The second kappa shape index (κ2) is 8.49. The van der Waals surface area contributed by atoms with Crippen LogP contribution in [0.5, 0.6) is 11.5 Å². The number of ether oxygens (including phenoxy) is 2. The number of carbonyl (C=O) groups is 2. The minimum atomic E-state index is -1.30. The quantitative estimate of drug-likeness (QED) is 0.735. The van der Waals surface area contributed by atoms with E-state index in [1.165, 1.54) is 18.6 Å². The van der Waals surface area contributed by atoms with E-state index in [0.717, 1.165) is 25.0 Å². The molecule has 1 atom stereocenters. The average molecular weight is 458 g/mol. The number of anilines is 1. The molecule has 10 heteroatoms. The van der Waals surface area contributed by atoms with Gasteiger partial charge in [0.05, 0.1) is 6.20 Å². The molecule has 2 aliphatic rings. The molecule has 1 unspecified atom stereocenters. The Morgan fingerprint density at radius 2 is 1.91 bits per heavy atom. The highest BCUT2D eigenvalue weighted by atomic mass is 19.1. The Hall–Kier alpha value is -3.43. The van der Waals surface area contributed by atoms with E-state index in [9.17, 15) is 19.1 Å². The zero-order valence-electron chi connectivity index (χ0n) is 18.9. The molecule has 2 aromatic rings. The predicted octanol–water partition coefficient (Wildman–Crippen LogP) is 3.94. The van der Waals surface area contributed by atoms with Gasteiger partial charge >= 0.3 is 12.1 Å². The summed E-state index contributed by atoms with van der Waals surface area (Å²) in [6.45, 7) is 8.14. The van der Waals surface area contributed by atoms with Crippen LogP contribution in [0.2, 0.25) is 0 Å². The number of hydrogen-bond donors (Lipinski definition) is 1. The standard InChI is InChI=1S/C23H27FN4O5/c1-22(2,3)33-21(31)28-9-7-23(13-28)6-8-27(12-23)19-18(11-25-14-26-19)32-17-5-4-15(24)10-16(17)20(29)30/h4-5,10-11,14H,6-9,12-13H2,1-3H3,(H,29,30). The van der Waals surface area contributed by atoms with Gasteiger partial charge in [-0.2, -0.15) is 0 Å². The van der Waals surface area contributed by atoms with Gasteiger partial charge in [-0.3, -0.25) is 0 Å². The molecule has 1 aromatic heterocycles. The Kier molecular flexibility index (Phi) is 5.85. The molecule has 33 heavy (non-hydrogen) atoms. The highest BCUT2D eigenvalue weighted by Crippen LogP contribution is 2.43. The third kappa shape index (κ3) is 4.99. The van der Waals surface area contributed by atoms with E-state index < -0.39 is 17.4 Å².